The van der Waals surface area contributed by atoms with E-state index in [1.807, 2.05) is 37.3 Å². The van der Waals surface area contributed by atoms with Crippen LogP contribution in [0.2, 0.25) is 10.0 Å². The van der Waals surface area contributed by atoms with Crippen molar-refractivity contribution in [1.82, 2.24) is 19.8 Å². The number of nitrogens with zero attached hydrogens (tertiary/aromatic N) is 4. The minimum atomic E-state index is -0.292. The van der Waals surface area contributed by atoms with Crippen LogP contribution in [0, 0.1) is 6.92 Å². The minimum Gasteiger partial charge on any atom is -0.457 e. The van der Waals surface area contributed by atoms with Gasteiger partial charge in [-0.05, 0) is 49.4 Å². The Balaban J connectivity index is 1.29. The number of furan rings is 1. The summed E-state index contributed by atoms with van der Waals surface area (Å²) in [7, 11) is 0. The molecule has 7 nitrogen and oxygen atoms in total. The van der Waals surface area contributed by atoms with E-state index in [4.69, 9.17) is 27.6 Å². The van der Waals surface area contributed by atoms with Crippen molar-refractivity contribution >= 4 is 57.2 Å². The van der Waals surface area contributed by atoms with E-state index >= 15 is 0 Å². The highest BCUT2D eigenvalue weighted by atomic mass is 35.5. The Hall–Kier alpha value is -3.46. The first kappa shape index (κ1) is 21.4. The summed E-state index contributed by atoms with van der Waals surface area (Å²) in [5.74, 6) is 1.51. The van der Waals surface area contributed by atoms with Crippen molar-refractivity contribution in [3.63, 3.8) is 0 Å². The third-order valence-electron chi connectivity index (χ3n) is 4.77. The van der Waals surface area contributed by atoms with Crippen LogP contribution in [0.3, 0.4) is 0 Å². The molecule has 5 rings (SSSR count). The van der Waals surface area contributed by atoms with Crippen LogP contribution in [0.4, 0.5) is 5.69 Å². The lowest BCUT2D eigenvalue weighted by Gasteiger charge is -2.04. The number of aryl methyl sites for hydroxylation is 1. The van der Waals surface area contributed by atoms with Gasteiger partial charge in [-0.15, -0.1) is 10.2 Å². The lowest BCUT2D eigenvalue weighted by molar-refractivity contribution is -0.111. The number of carbonyl (C=O) groups is 1. The summed E-state index contributed by atoms with van der Waals surface area (Å²) >= 11 is 13.8. The molecular weight excluding hydrogens is 481 g/mol. The van der Waals surface area contributed by atoms with E-state index in [1.54, 1.807) is 34.9 Å². The van der Waals surface area contributed by atoms with Gasteiger partial charge in [-0.25, -0.2) is 0 Å². The van der Waals surface area contributed by atoms with Gasteiger partial charge in [0.1, 0.15) is 16.5 Å². The fraction of sp³-hybridized carbons (Fsp3) is 0.0435. The number of hydrogen-bond acceptors (Lipinski definition) is 6. The van der Waals surface area contributed by atoms with Crippen molar-refractivity contribution in [2.75, 3.05) is 5.32 Å². The molecule has 0 unspecified atom stereocenters. The molecule has 33 heavy (non-hydrogen) atoms. The molecule has 0 bridgehead atoms. The molecule has 0 saturated carbocycles. The molecule has 3 heterocycles. The summed E-state index contributed by atoms with van der Waals surface area (Å²) in [4.78, 5) is 13.2. The number of amides is 1. The fourth-order valence-electron chi connectivity index (χ4n) is 3.18. The molecule has 0 aliphatic carbocycles. The number of nitrogens with one attached hydrogen (secondary N) is 1. The number of carbonyl (C=O) groups excluding carboxylic acids is 1. The Kier molecular flexibility index (Phi) is 5.72. The van der Waals surface area contributed by atoms with Crippen LogP contribution < -0.4 is 5.32 Å². The second-order valence-electron chi connectivity index (χ2n) is 7.06. The van der Waals surface area contributed by atoms with E-state index in [0.717, 1.165) is 21.4 Å². The fourth-order valence-corrected chi connectivity index (χ4v) is 4.46. The predicted molar refractivity (Wildman–Crippen MR) is 131 cm³/mol. The highest BCUT2D eigenvalue weighted by Gasteiger charge is 2.12. The molecule has 10 heteroatoms. The van der Waals surface area contributed by atoms with Crippen LogP contribution in [0.5, 0.6) is 0 Å². The largest absolute Gasteiger partial charge is 0.457 e. The van der Waals surface area contributed by atoms with E-state index < -0.39 is 0 Å². The molecule has 164 valence electrons. The first-order chi connectivity index (χ1) is 16.0. The van der Waals surface area contributed by atoms with Gasteiger partial charge < -0.3 is 9.73 Å². The molecule has 1 N–H and O–H groups in total. The molecule has 3 aromatic heterocycles. The lowest BCUT2D eigenvalue weighted by Crippen LogP contribution is -2.07. The average Bonchev–Trinajstić information content (AvgIpc) is 3.52. The Bertz CT molecular complexity index is 1520. The molecule has 0 saturated heterocycles. The number of benzene rings is 2. The van der Waals surface area contributed by atoms with Crippen molar-refractivity contribution in [3.8, 4) is 21.9 Å². The van der Waals surface area contributed by atoms with Crippen LogP contribution in [0.15, 0.2) is 65.1 Å². The summed E-state index contributed by atoms with van der Waals surface area (Å²) in [6.07, 6.45) is 2.99. The Morgan fingerprint density at radius 3 is 2.82 bits per heavy atom. The summed E-state index contributed by atoms with van der Waals surface area (Å²) in [6, 6.07) is 16.3. The summed E-state index contributed by atoms with van der Waals surface area (Å²) in [5.41, 5.74) is 2.21. The molecule has 0 atom stereocenters. The number of rotatable bonds is 5. The van der Waals surface area contributed by atoms with E-state index in [0.29, 0.717) is 32.8 Å². The molecular formula is C23H15Cl2N5O2S. The second-order valence-corrected chi connectivity index (χ2v) is 8.80. The standard InChI is InChI=1S/C23H15Cl2N5O2S/c1-13-27-28-23-30(13)29-22(33-23)14-4-2-5-15(12-14)26-20(31)11-9-16-8-10-19(32-16)17-6-3-7-18(24)21(17)25/h2-12H,1H3,(H,26,31). The topological polar surface area (TPSA) is 85.3 Å². The SMILES string of the molecule is Cc1nnc2sc(-c3cccc(NC(=O)C=Cc4ccc(-c5cccc(Cl)c5Cl)o4)c3)nn12. The van der Waals surface area contributed by atoms with Gasteiger partial charge >= 0.3 is 0 Å². The Morgan fingerprint density at radius 2 is 1.97 bits per heavy atom. The summed E-state index contributed by atoms with van der Waals surface area (Å²) in [6.45, 7) is 1.85. The van der Waals surface area contributed by atoms with Crippen molar-refractivity contribution in [2.45, 2.75) is 6.92 Å². The maximum atomic E-state index is 12.4. The average molecular weight is 496 g/mol. The first-order valence-electron chi connectivity index (χ1n) is 9.80. The zero-order chi connectivity index (χ0) is 22.9. The van der Waals surface area contributed by atoms with Crippen LogP contribution in [-0.2, 0) is 4.79 Å². The van der Waals surface area contributed by atoms with Gasteiger partial charge in [-0.1, -0.05) is 52.7 Å². The number of halogens is 2. The maximum absolute atomic E-state index is 12.4. The van der Waals surface area contributed by atoms with E-state index in [1.165, 1.54) is 17.4 Å². The van der Waals surface area contributed by atoms with Crippen molar-refractivity contribution < 1.29 is 9.21 Å². The molecule has 1 amide bonds. The Morgan fingerprint density at radius 1 is 1.12 bits per heavy atom. The zero-order valence-corrected chi connectivity index (χ0v) is 19.4. The van der Waals surface area contributed by atoms with E-state index in [9.17, 15) is 4.79 Å². The second kappa shape index (κ2) is 8.82. The molecule has 0 spiro atoms. The highest BCUT2D eigenvalue weighted by molar-refractivity contribution is 7.19. The summed E-state index contributed by atoms with van der Waals surface area (Å²) in [5, 5.41) is 17.1. The first-order valence-corrected chi connectivity index (χ1v) is 11.4. The monoisotopic (exact) mass is 495 g/mol. The van der Waals surface area contributed by atoms with E-state index in [-0.39, 0.29) is 5.91 Å². The summed E-state index contributed by atoms with van der Waals surface area (Å²) < 4.78 is 7.48. The number of aromatic nitrogens is 4. The third kappa shape index (κ3) is 4.41. The molecule has 0 aliphatic rings. The van der Waals surface area contributed by atoms with Crippen LogP contribution >= 0.6 is 34.5 Å². The van der Waals surface area contributed by atoms with Gasteiger partial charge in [0.25, 0.3) is 0 Å². The third-order valence-corrected chi connectivity index (χ3v) is 6.53. The number of fused-ring (bicyclic) bond motifs is 1. The molecule has 0 radical (unpaired) electrons. The quantitative estimate of drug-likeness (QED) is 0.286. The Labute approximate surface area is 202 Å². The van der Waals surface area contributed by atoms with Gasteiger partial charge in [0.15, 0.2) is 5.82 Å². The normalized spacial score (nSPS) is 11.5. The molecule has 0 fully saturated rings. The smallest absolute Gasteiger partial charge is 0.248 e. The number of anilines is 1. The maximum Gasteiger partial charge on any atom is 0.248 e. The van der Waals surface area contributed by atoms with Gasteiger partial charge in [0.05, 0.1) is 10.0 Å². The highest BCUT2D eigenvalue weighted by Crippen LogP contribution is 2.34. The molecule has 2 aromatic carbocycles. The molecule has 0 aliphatic heterocycles. The van der Waals surface area contributed by atoms with Gasteiger partial charge in [-0.3, -0.25) is 4.79 Å². The van der Waals surface area contributed by atoms with Crippen molar-refractivity contribution in [2.24, 2.45) is 0 Å². The lowest BCUT2D eigenvalue weighted by atomic mass is 10.2. The van der Waals surface area contributed by atoms with Crippen LogP contribution in [0.1, 0.15) is 11.6 Å². The van der Waals surface area contributed by atoms with Crippen molar-refractivity contribution in [3.05, 3.63) is 82.3 Å². The van der Waals surface area contributed by atoms with Gasteiger partial charge in [0, 0.05) is 22.9 Å². The van der Waals surface area contributed by atoms with Gasteiger partial charge in [-0.2, -0.15) is 9.61 Å². The van der Waals surface area contributed by atoms with Crippen LogP contribution in [-0.4, -0.2) is 25.7 Å². The van der Waals surface area contributed by atoms with Gasteiger partial charge in [0.2, 0.25) is 10.9 Å². The number of hydrogen-bond donors (Lipinski definition) is 1. The minimum absolute atomic E-state index is 0.292. The van der Waals surface area contributed by atoms with Crippen molar-refractivity contribution in [1.29, 1.82) is 0 Å². The van der Waals surface area contributed by atoms with Crippen LogP contribution in [0.25, 0.3) is 32.9 Å². The predicted octanol–water partition coefficient (Wildman–Crippen LogP) is 6.38. The zero-order valence-electron chi connectivity index (χ0n) is 17.1. The van der Waals surface area contributed by atoms with E-state index in [2.05, 4.69) is 20.6 Å². The molecule has 5 aromatic rings.